The number of hydrogen-bond donors (Lipinski definition) is 1. The van der Waals surface area contributed by atoms with Crippen molar-refractivity contribution in [3.63, 3.8) is 0 Å². The van der Waals surface area contributed by atoms with Crippen molar-refractivity contribution in [3.05, 3.63) is 30.1 Å². The zero-order valence-corrected chi connectivity index (χ0v) is 12.1. The average Bonchev–Trinajstić information content (AvgIpc) is 3.02. The molecule has 0 aromatic heterocycles. The van der Waals surface area contributed by atoms with E-state index in [4.69, 9.17) is 4.74 Å². The lowest BCUT2D eigenvalue weighted by atomic mass is 9.99. The number of hydrogen-bond acceptors (Lipinski definition) is 4. The summed E-state index contributed by atoms with van der Waals surface area (Å²) >= 11 is 1.67. The van der Waals surface area contributed by atoms with Gasteiger partial charge in [0.2, 0.25) is 0 Å². The summed E-state index contributed by atoms with van der Waals surface area (Å²) < 4.78 is 18.2. The van der Waals surface area contributed by atoms with Gasteiger partial charge in [-0.2, -0.15) is 11.8 Å². The predicted molar refractivity (Wildman–Crippen MR) is 76.8 cm³/mol. The number of carbonyl (C=O) groups excluding carboxylic acids is 2. The minimum absolute atomic E-state index is 0.166. The summed E-state index contributed by atoms with van der Waals surface area (Å²) in [4.78, 5) is 25.5. The fourth-order valence-corrected chi connectivity index (χ4v) is 3.82. The number of nitrogens with zero attached hydrogens (tertiary/aromatic N) is 1. The van der Waals surface area contributed by atoms with Crippen molar-refractivity contribution in [2.24, 2.45) is 0 Å². The number of imide groups is 1. The number of amides is 3. The van der Waals surface area contributed by atoms with Gasteiger partial charge in [-0.15, -0.1) is 0 Å². The topological polar surface area (TPSA) is 58.6 Å². The molecule has 1 atom stereocenters. The Morgan fingerprint density at radius 2 is 2.10 bits per heavy atom. The van der Waals surface area contributed by atoms with Gasteiger partial charge in [0.05, 0.1) is 6.54 Å². The summed E-state index contributed by atoms with van der Waals surface area (Å²) in [7, 11) is 0. The molecule has 2 heterocycles. The van der Waals surface area contributed by atoms with E-state index in [-0.39, 0.29) is 30.9 Å². The lowest BCUT2D eigenvalue weighted by molar-refractivity contribution is -0.130. The summed E-state index contributed by atoms with van der Waals surface area (Å²) in [5, 5.41) is 2.80. The summed E-state index contributed by atoms with van der Waals surface area (Å²) in [6, 6.07) is 5.26. The molecule has 112 valence electrons. The first kappa shape index (κ1) is 14.2. The largest absolute Gasteiger partial charge is 0.492 e. The molecule has 2 aliphatic heterocycles. The van der Waals surface area contributed by atoms with E-state index in [0.717, 1.165) is 5.75 Å². The first-order valence-corrected chi connectivity index (χ1v) is 7.86. The van der Waals surface area contributed by atoms with E-state index in [1.54, 1.807) is 11.8 Å². The van der Waals surface area contributed by atoms with Crippen LogP contribution in [0.15, 0.2) is 24.3 Å². The SMILES string of the molecule is O=C1NC2(CCSC2)C(=O)N1CCOc1ccc(F)cc1. The van der Waals surface area contributed by atoms with Crippen LogP contribution >= 0.6 is 11.8 Å². The third kappa shape index (κ3) is 2.70. The molecule has 3 rings (SSSR count). The number of halogens is 1. The van der Waals surface area contributed by atoms with Gasteiger partial charge in [0, 0.05) is 5.75 Å². The van der Waals surface area contributed by atoms with Gasteiger partial charge in [0.15, 0.2) is 0 Å². The predicted octanol–water partition coefficient (Wildman–Crippen LogP) is 1.63. The van der Waals surface area contributed by atoms with Crippen LogP contribution in [0.3, 0.4) is 0 Å². The lowest BCUT2D eigenvalue weighted by Crippen LogP contribution is -2.47. The molecule has 1 N–H and O–H groups in total. The van der Waals surface area contributed by atoms with E-state index in [0.29, 0.717) is 17.9 Å². The van der Waals surface area contributed by atoms with Crippen molar-refractivity contribution in [3.8, 4) is 5.75 Å². The molecule has 1 spiro atoms. The van der Waals surface area contributed by atoms with Crippen LogP contribution < -0.4 is 10.1 Å². The Labute approximate surface area is 125 Å². The van der Waals surface area contributed by atoms with Gasteiger partial charge < -0.3 is 10.1 Å². The molecule has 1 aromatic rings. The maximum absolute atomic E-state index is 12.8. The lowest BCUT2D eigenvalue weighted by Gasteiger charge is -2.19. The quantitative estimate of drug-likeness (QED) is 0.859. The molecule has 2 fully saturated rings. The normalized spacial score (nSPS) is 24.7. The van der Waals surface area contributed by atoms with Crippen LogP contribution in [0.2, 0.25) is 0 Å². The van der Waals surface area contributed by atoms with E-state index in [2.05, 4.69) is 5.32 Å². The first-order chi connectivity index (χ1) is 10.1. The van der Waals surface area contributed by atoms with Crippen molar-refractivity contribution < 1.29 is 18.7 Å². The Morgan fingerprint density at radius 1 is 1.33 bits per heavy atom. The van der Waals surface area contributed by atoms with Gasteiger partial charge in [-0.1, -0.05) is 0 Å². The molecular weight excluding hydrogens is 295 g/mol. The second-order valence-electron chi connectivity index (χ2n) is 5.07. The molecular formula is C14H15FN2O3S. The van der Waals surface area contributed by atoms with Crippen LogP contribution in [0.4, 0.5) is 9.18 Å². The van der Waals surface area contributed by atoms with Gasteiger partial charge in [-0.05, 0) is 36.4 Å². The average molecular weight is 310 g/mol. The number of nitrogens with one attached hydrogen (secondary N) is 1. The summed E-state index contributed by atoms with van der Waals surface area (Å²) in [6.45, 7) is 0.377. The Kier molecular flexibility index (Phi) is 3.75. The highest BCUT2D eigenvalue weighted by Gasteiger charge is 2.52. The fourth-order valence-electron chi connectivity index (χ4n) is 2.50. The number of thioether (sulfide) groups is 1. The zero-order chi connectivity index (χ0) is 14.9. The van der Waals surface area contributed by atoms with E-state index in [1.807, 2.05) is 0 Å². The van der Waals surface area contributed by atoms with Crippen LogP contribution in [-0.4, -0.2) is 47.0 Å². The Bertz CT molecular complexity index is 558. The zero-order valence-electron chi connectivity index (χ0n) is 11.3. The smallest absolute Gasteiger partial charge is 0.325 e. The van der Waals surface area contributed by atoms with Crippen LogP contribution in [-0.2, 0) is 4.79 Å². The molecule has 3 amide bonds. The van der Waals surface area contributed by atoms with Crippen molar-refractivity contribution in [2.45, 2.75) is 12.0 Å². The molecule has 21 heavy (non-hydrogen) atoms. The maximum Gasteiger partial charge on any atom is 0.325 e. The van der Waals surface area contributed by atoms with Gasteiger partial charge in [-0.25, -0.2) is 9.18 Å². The van der Waals surface area contributed by atoms with Crippen LogP contribution in [0.1, 0.15) is 6.42 Å². The maximum atomic E-state index is 12.8. The third-order valence-corrected chi connectivity index (χ3v) is 4.85. The fraction of sp³-hybridized carbons (Fsp3) is 0.429. The molecule has 5 nitrogen and oxygen atoms in total. The van der Waals surface area contributed by atoms with Crippen molar-refractivity contribution in [1.82, 2.24) is 10.2 Å². The van der Waals surface area contributed by atoms with Gasteiger partial charge in [0.1, 0.15) is 23.7 Å². The van der Waals surface area contributed by atoms with E-state index in [9.17, 15) is 14.0 Å². The minimum Gasteiger partial charge on any atom is -0.492 e. The number of rotatable bonds is 4. The van der Waals surface area contributed by atoms with E-state index in [1.165, 1.54) is 29.2 Å². The van der Waals surface area contributed by atoms with Gasteiger partial charge in [-0.3, -0.25) is 9.69 Å². The number of ether oxygens (including phenoxy) is 1. The van der Waals surface area contributed by atoms with Crippen molar-refractivity contribution >= 4 is 23.7 Å². The third-order valence-electron chi connectivity index (χ3n) is 3.66. The van der Waals surface area contributed by atoms with E-state index < -0.39 is 5.54 Å². The van der Waals surface area contributed by atoms with Crippen LogP contribution in [0.25, 0.3) is 0 Å². The Morgan fingerprint density at radius 3 is 2.76 bits per heavy atom. The summed E-state index contributed by atoms with van der Waals surface area (Å²) in [6.07, 6.45) is 0.678. The van der Waals surface area contributed by atoms with Crippen molar-refractivity contribution in [1.29, 1.82) is 0 Å². The second-order valence-corrected chi connectivity index (χ2v) is 6.18. The second kappa shape index (κ2) is 5.55. The number of urea groups is 1. The molecule has 0 saturated carbocycles. The van der Waals surface area contributed by atoms with Crippen LogP contribution in [0.5, 0.6) is 5.75 Å². The van der Waals surface area contributed by atoms with Crippen molar-refractivity contribution in [2.75, 3.05) is 24.7 Å². The Hall–Kier alpha value is -1.76. The molecule has 7 heteroatoms. The number of benzene rings is 1. The molecule has 2 saturated heterocycles. The molecule has 2 aliphatic rings. The molecule has 1 unspecified atom stereocenters. The monoisotopic (exact) mass is 310 g/mol. The minimum atomic E-state index is -0.711. The highest BCUT2D eigenvalue weighted by atomic mass is 32.2. The summed E-state index contributed by atoms with van der Waals surface area (Å²) in [5.41, 5.74) is -0.711. The standard InChI is InChI=1S/C14H15FN2O3S/c15-10-1-3-11(4-2-10)20-7-6-17-12(18)14(16-13(17)19)5-8-21-9-14/h1-4H,5-9H2,(H,16,19). The molecule has 1 aromatic carbocycles. The molecule has 0 bridgehead atoms. The Balaban J connectivity index is 1.56. The first-order valence-electron chi connectivity index (χ1n) is 6.71. The van der Waals surface area contributed by atoms with Crippen LogP contribution in [0, 0.1) is 5.82 Å². The molecule has 0 aliphatic carbocycles. The highest BCUT2D eigenvalue weighted by Crippen LogP contribution is 2.33. The summed E-state index contributed by atoms with van der Waals surface area (Å²) in [5.74, 6) is 1.52. The molecule has 0 radical (unpaired) electrons. The highest BCUT2D eigenvalue weighted by molar-refractivity contribution is 7.99. The van der Waals surface area contributed by atoms with Gasteiger partial charge >= 0.3 is 6.03 Å². The van der Waals surface area contributed by atoms with Gasteiger partial charge in [0.25, 0.3) is 5.91 Å². The van der Waals surface area contributed by atoms with E-state index >= 15 is 0 Å². The number of carbonyl (C=O) groups is 2.